The third-order valence-corrected chi connectivity index (χ3v) is 2.93. The molecule has 1 aromatic rings. The van der Waals surface area contributed by atoms with E-state index in [9.17, 15) is 5.11 Å². The minimum atomic E-state index is -0.507. The Morgan fingerprint density at radius 1 is 1.16 bits per heavy atom. The summed E-state index contributed by atoms with van der Waals surface area (Å²) < 4.78 is 15.4. The molecule has 2 atom stereocenters. The van der Waals surface area contributed by atoms with Crippen LogP contribution in [0.1, 0.15) is 18.5 Å². The van der Waals surface area contributed by atoms with E-state index in [1.165, 1.54) is 0 Å². The summed E-state index contributed by atoms with van der Waals surface area (Å²) in [6.07, 6.45) is -0.507. The number of rotatable bonds is 8. The summed E-state index contributed by atoms with van der Waals surface area (Å²) in [5, 5.41) is 12.8. The van der Waals surface area contributed by atoms with E-state index in [4.69, 9.17) is 14.2 Å². The lowest BCUT2D eigenvalue weighted by atomic mass is 10.1. The van der Waals surface area contributed by atoms with Crippen molar-refractivity contribution in [3.63, 3.8) is 0 Å². The minimum absolute atomic E-state index is 0.103. The molecule has 0 aliphatic rings. The van der Waals surface area contributed by atoms with Crippen molar-refractivity contribution in [3.8, 4) is 11.5 Å². The number of hydrogen-bond donors (Lipinski definition) is 2. The molecule has 2 N–H and O–H groups in total. The van der Waals surface area contributed by atoms with Crippen molar-refractivity contribution in [1.29, 1.82) is 0 Å². The van der Waals surface area contributed by atoms with Gasteiger partial charge >= 0.3 is 0 Å². The van der Waals surface area contributed by atoms with Crippen molar-refractivity contribution in [2.24, 2.45) is 0 Å². The number of aliphatic hydroxyl groups excluding tert-OH is 1. The second-order valence-corrected chi connectivity index (χ2v) is 4.35. The van der Waals surface area contributed by atoms with Crippen molar-refractivity contribution in [2.75, 3.05) is 34.5 Å². The Morgan fingerprint density at radius 3 is 2.42 bits per heavy atom. The van der Waals surface area contributed by atoms with Crippen molar-refractivity contribution in [2.45, 2.75) is 19.1 Å². The summed E-state index contributed by atoms with van der Waals surface area (Å²) in [6.45, 7) is 2.83. The Morgan fingerprint density at radius 2 is 1.84 bits per heavy atom. The molecule has 0 saturated heterocycles. The Bertz CT molecular complexity index is 384. The van der Waals surface area contributed by atoms with Gasteiger partial charge in [-0.3, -0.25) is 0 Å². The van der Waals surface area contributed by atoms with Gasteiger partial charge < -0.3 is 24.6 Å². The van der Waals surface area contributed by atoms with Gasteiger partial charge in [-0.05, 0) is 24.6 Å². The summed E-state index contributed by atoms with van der Waals surface area (Å²) in [4.78, 5) is 0. The zero-order valence-electron chi connectivity index (χ0n) is 12.0. The van der Waals surface area contributed by atoms with Gasteiger partial charge in [-0.25, -0.2) is 0 Å². The number of methoxy groups -OCH3 is 3. The lowest BCUT2D eigenvalue weighted by Crippen LogP contribution is -2.31. The summed E-state index contributed by atoms with van der Waals surface area (Å²) in [7, 11) is 4.80. The maximum absolute atomic E-state index is 9.60. The van der Waals surface area contributed by atoms with Gasteiger partial charge in [-0.15, -0.1) is 0 Å². The lowest BCUT2D eigenvalue weighted by Gasteiger charge is -2.18. The van der Waals surface area contributed by atoms with Crippen LogP contribution in [0, 0.1) is 0 Å². The first-order valence-electron chi connectivity index (χ1n) is 6.24. The maximum Gasteiger partial charge on any atom is 0.161 e. The van der Waals surface area contributed by atoms with Crippen molar-refractivity contribution < 1.29 is 19.3 Å². The van der Waals surface area contributed by atoms with E-state index in [0.29, 0.717) is 24.7 Å². The number of aliphatic hydroxyl groups is 1. The minimum Gasteiger partial charge on any atom is -0.493 e. The van der Waals surface area contributed by atoms with Crippen LogP contribution in [0.15, 0.2) is 18.2 Å². The third kappa shape index (κ3) is 4.70. The average molecular weight is 269 g/mol. The Kier molecular flexibility index (Phi) is 6.62. The van der Waals surface area contributed by atoms with Gasteiger partial charge in [0.2, 0.25) is 0 Å². The van der Waals surface area contributed by atoms with Crippen molar-refractivity contribution in [1.82, 2.24) is 5.32 Å². The molecule has 1 rings (SSSR count). The fraction of sp³-hybridized carbons (Fsp3) is 0.571. The number of ether oxygens (including phenoxy) is 3. The summed E-state index contributed by atoms with van der Waals surface area (Å²) in [6, 6.07) is 5.88. The molecule has 0 fully saturated rings. The van der Waals surface area contributed by atoms with Crippen LogP contribution >= 0.6 is 0 Å². The van der Waals surface area contributed by atoms with Crippen LogP contribution in [-0.2, 0) is 4.74 Å². The molecule has 0 amide bonds. The first-order chi connectivity index (χ1) is 9.12. The van der Waals surface area contributed by atoms with Gasteiger partial charge in [0.25, 0.3) is 0 Å². The van der Waals surface area contributed by atoms with E-state index in [1.54, 1.807) is 21.3 Å². The quantitative estimate of drug-likeness (QED) is 0.746. The number of nitrogens with one attached hydrogen (secondary N) is 1. The first-order valence-corrected chi connectivity index (χ1v) is 6.24. The second-order valence-electron chi connectivity index (χ2n) is 4.35. The molecule has 0 saturated carbocycles. The molecule has 0 aromatic heterocycles. The van der Waals surface area contributed by atoms with Gasteiger partial charge in [-0.2, -0.15) is 0 Å². The van der Waals surface area contributed by atoms with E-state index >= 15 is 0 Å². The molecule has 108 valence electrons. The van der Waals surface area contributed by atoms with Crippen LogP contribution in [0.25, 0.3) is 0 Å². The van der Waals surface area contributed by atoms with Crippen molar-refractivity contribution >= 4 is 0 Å². The molecule has 0 aliphatic heterocycles. The van der Waals surface area contributed by atoms with Gasteiger partial charge in [-0.1, -0.05) is 6.07 Å². The standard InChI is InChI=1S/C14H23NO4/c1-10(15-8-12(16)9-17-2)11-5-6-13(18-3)14(7-11)19-4/h5-7,10,12,15-16H,8-9H2,1-4H3. The molecule has 5 heteroatoms. The van der Waals surface area contributed by atoms with Gasteiger partial charge in [0.15, 0.2) is 11.5 Å². The molecule has 0 aliphatic carbocycles. The molecule has 0 spiro atoms. The van der Waals surface area contributed by atoms with E-state index in [0.717, 1.165) is 5.56 Å². The predicted molar refractivity (Wildman–Crippen MR) is 73.8 cm³/mol. The highest BCUT2D eigenvalue weighted by Crippen LogP contribution is 2.29. The van der Waals surface area contributed by atoms with Crippen LogP contribution in [-0.4, -0.2) is 45.7 Å². The normalized spacial score (nSPS) is 13.9. The highest BCUT2D eigenvalue weighted by molar-refractivity contribution is 5.43. The van der Waals surface area contributed by atoms with Crippen LogP contribution in [0.5, 0.6) is 11.5 Å². The fourth-order valence-electron chi connectivity index (χ4n) is 1.80. The molecule has 2 unspecified atom stereocenters. The predicted octanol–water partition coefficient (Wildman–Crippen LogP) is 1.36. The Hall–Kier alpha value is -1.30. The Labute approximate surface area is 114 Å². The molecule has 19 heavy (non-hydrogen) atoms. The summed E-state index contributed by atoms with van der Waals surface area (Å²) >= 11 is 0. The van der Waals surface area contributed by atoms with Crippen LogP contribution in [0.4, 0.5) is 0 Å². The summed E-state index contributed by atoms with van der Waals surface area (Å²) in [5.41, 5.74) is 1.07. The highest BCUT2D eigenvalue weighted by Gasteiger charge is 2.11. The fourth-order valence-corrected chi connectivity index (χ4v) is 1.80. The Balaban J connectivity index is 2.64. The molecule has 0 heterocycles. The van der Waals surface area contributed by atoms with E-state index in [-0.39, 0.29) is 6.04 Å². The van der Waals surface area contributed by atoms with Crippen LogP contribution in [0.2, 0.25) is 0 Å². The zero-order chi connectivity index (χ0) is 14.3. The first kappa shape index (κ1) is 15.8. The lowest BCUT2D eigenvalue weighted by molar-refractivity contribution is 0.0630. The summed E-state index contributed by atoms with van der Waals surface area (Å²) in [5.74, 6) is 1.41. The topological polar surface area (TPSA) is 60.0 Å². The molecular weight excluding hydrogens is 246 g/mol. The van der Waals surface area contributed by atoms with Gasteiger partial charge in [0.1, 0.15) is 0 Å². The van der Waals surface area contributed by atoms with Crippen molar-refractivity contribution in [3.05, 3.63) is 23.8 Å². The smallest absolute Gasteiger partial charge is 0.161 e. The highest BCUT2D eigenvalue weighted by atomic mass is 16.5. The molecular formula is C14H23NO4. The second kappa shape index (κ2) is 7.99. The number of hydrogen-bond acceptors (Lipinski definition) is 5. The molecule has 0 radical (unpaired) electrons. The van der Waals surface area contributed by atoms with E-state index in [2.05, 4.69) is 5.32 Å². The average Bonchev–Trinajstić information content (AvgIpc) is 2.44. The molecule has 0 bridgehead atoms. The van der Waals surface area contributed by atoms with E-state index in [1.807, 2.05) is 25.1 Å². The van der Waals surface area contributed by atoms with Crippen LogP contribution < -0.4 is 14.8 Å². The van der Waals surface area contributed by atoms with E-state index < -0.39 is 6.10 Å². The van der Waals surface area contributed by atoms with Gasteiger partial charge in [0, 0.05) is 19.7 Å². The largest absolute Gasteiger partial charge is 0.493 e. The molecule has 1 aromatic carbocycles. The third-order valence-electron chi connectivity index (χ3n) is 2.93. The van der Waals surface area contributed by atoms with Crippen LogP contribution in [0.3, 0.4) is 0 Å². The zero-order valence-corrected chi connectivity index (χ0v) is 12.0. The molecule has 5 nitrogen and oxygen atoms in total. The maximum atomic E-state index is 9.60. The number of benzene rings is 1. The monoisotopic (exact) mass is 269 g/mol. The SMILES string of the molecule is COCC(O)CNC(C)c1ccc(OC)c(OC)c1. The van der Waals surface area contributed by atoms with Gasteiger partial charge in [0.05, 0.1) is 26.9 Å².